The smallest absolute Gasteiger partial charge is 0.115 e. The van der Waals surface area contributed by atoms with Gasteiger partial charge in [0.1, 0.15) is 6.33 Å². The van der Waals surface area contributed by atoms with Gasteiger partial charge in [-0.15, -0.1) is 0 Å². The van der Waals surface area contributed by atoms with Crippen LogP contribution < -0.4 is 0 Å². The lowest BCUT2D eigenvalue weighted by atomic mass is 10.1. The van der Waals surface area contributed by atoms with Crippen molar-refractivity contribution in [3.63, 3.8) is 0 Å². The summed E-state index contributed by atoms with van der Waals surface area (Å²) >= 11 is 2.42. The molecule has 0 spiro atoms. The summed E-state index contributed by atoms with van der Waals surface area (Å²) in [6, 6.07) is 1.96. The van der Waals surface area contributed by atoms with Crippen LogP contribution in [0.25, 0.3) is 0 Å². The van der Waals surface area contributed by atoms with Crippen LogP contribution in [0.4, 0.5) is 0 Å². The molecule has 0 bridgehead atoms. The zero-order valence-corrected chi connectivity index (χ0v) is 8.87. The lowest BCUT2D eigenvalue weighted by Crippen LogP contribution is -2.13. The van der Waals surface area contributed by atoms with Crippen molar-refractivity contribution in [1.82, 2.24) is 9.97 Å². The summed E-state index contributed by atoms with van der Waals surface area (Å²) in [7, 11) is 0. The highest BCUT2D eigenvalue weighted by Gasteiger charge is 2.13. The fourth-order valence-electron chi connectivity index (χ4n) is 0.853. The molecule has 0 unspecified atom stereocenters. The Labute approximate surface area is 80.6 Å². The van der Waals surface area contributed by atoms with E-state index in [9.17, 15) is 0 Å². The fourth-order valence-corrected chi connectivity index (χ4v) is 1.24. The fraction of sp³-hybridized carbons (Fsp3) is 0.500. The minimum Gasteiger partial charge on any atom is -0.245 e. The van der Waals surface area contributed by atoms with Gasteiger partial charge in [0.15, 0.2) is 0 Å². The average molecular weight is 262 g/mol. The van der Waals surface area contributed by atoms with Crippen LogP contribution in [0.3, 0.4) is 0 Å². The highest BCUT2D eigenvalue weighted by Crippen LogP contribution is 2.20. The second-order valence-corrected chi connectivity index (χ2v) is 6.02. The van der Waals surface area contributed by atoms with Crippen LogP contribution in [-0.4, -0.2) is 13.4 Å². The molecule has 0 N–H and O–H groups in total. The zero-order chi connectivity index (χ0) is 8.32. The van der Waals surface area contributed by atoms with Crippen LogP contribution in [0.15, 0.2) is 18.6 Å². The summed E-state index contributed by atoms with van der Waals surface area (Å²) in [4.78, 5) is 8.01. The van der Waals surface area contributed by atoms with E-state index in [4.69, 9.17) is 0 Å². The molecule has 11 heavy (non-hydrogen) atoms. The number of aromatic nitrogens is 2. The Morgan fingerprint density at radius 1 is 1.55 bits per heavy atom. The van der Waals surface area contributed by atoms with Crippen molar-refractivity contribution in [2.24, 2.45) is 0 Å². The molecule has 0 aliphatic heterocycles. The van der Waals surface area contributed by atoms with Gasteiger partial charge in [-0.05, 0) is 6.07 Å². The third-order valence-electron chi connectivity index (χ3n) is 1.24. The summed E-state index contributed by atoms with van der Waals surface area (Å²) < 4.78 is 0.284. The average Bonchev–Trinajstić information content (AvgIpc) is 1.85. The second kappa shape index (κ2) is 3.47. The first kappa shape index (κ1) is 8.90. The molecule has 3 heteroatoms. The summed E-state index contributed by atoms with van der Waals surface area (Å²) in [5.41, 5.74) is 1.11. The van der Waals surface area contributed by atoms with Crippen molar-refractivity contribution in [1.29, 1.82) is 0 Å². The molecule has 0 atom stereocenters. The van der Waals surface area contributed by atoms with Gasteiger partial charge in [-0.1, -0.05) is 36.4 Å². The maximum atomic E-state index is 4.15. The molecule has 0 radical (unpaired) electrons. The summed E-state index contributed by atoms with van der Waals surface area (Å²) in [6.45, 7) is 4.38. The molecule has 60 valence electrons. The molecular formula is C8H11IN2. The molecule has 1 aromatic rings. The highest BCUT2D eigenvalue weighted by atomic mass is 127. The van der Waals surface area contributed by atoms with Crippen LogP contribution in [-0.2, 0) is 6.42 Å². The van der Waals surface area contributed by atoms with Crippen molar-refractivity contribution in [3.05, 3.63) is 24.3 Å². The van der Waals surface area contributed by atoms with Crippen LogP contribution in [0.2, 0.25) is 0 Å². The summed E-state index contributed by atoms with van der Waals surface area (Å²) in [5.74, 6) is 0. The molecule has 0 aliphatic carbocycles. The van der Waals surface area contributed by atoms with Crippen molar-refractivity contribution < 1.29 is 0 Å². The van der Waals surface area contributed by atoms with E-state index >= 15 is 0 Å². The molecule has 0 amide bonds. The van der Waals surface area contributed by atoms with Crippen molar-refractivity contribution in [2.75, 3.05) is 0 Å². The van der Waals surface area contributed by atoms with Gasteiger partial charge in [0.2, 0.25) is 0 Å². The van der Waals surface area contributed by atoms with Crippen molar-refractivity contribution >= 4 is 22.6 Å². The van der Waals surface area contributed by atoms with E-state index in [1.807, 2.05) is 6.07 Å². The van der Waals surface area contributed by atoms with E-state index in [-0.39, 0.29) is 3.42 Å². The van der Waals surface area contributed by atoms with E-state index in [1.54, 1.807) is 12.5 Å². The van der Waals surface area contributed by atoms with E-state index in [2.05, 4.69) is 46.4 Å². The Morgan fingerprint density at radius 2 is 2.27 bits per heavy atom. The molecule has 1 rings (SSSR count). The van der Waals surface area contributed by atoms with Crippen molar-refractivity contribution in [3.8, 4) is 0 Å². The lowest BCUT2D eigenvalue weighted by Gasteiger charge is -2.14. The first-order valence-corrected chi connectivity index (χ1v) is 4.60. The minimum atomic E-state index is 0.284. The maximum absolute atomic E-state index is 4.15. The minimum absolute atomic E-state index is 0.284. The molecule has 0 fully saturated rings. The first-order chi connectivity index (χ1) is 5.08. The van der Waals surface area contributed by atoms with Gasteiger partial charge < -0.3 is 0 Å². The Morgan fingerprint density at radius 3 is 2.73 bits per heavy atom. The van der Waals surface area contributed by atoms with Gasteiger partial charge in [-0.25, -0.2) is 9.97 Å². The quantitative estimate of drug-likeness (QED) is 0.603. The van der Waals surface area contributed by atoms with Crippen LogP contribution in [0, 0.1) is 0 Å². The van der Waals surface area contributed by atoms with Gasteiger partial charge >= 0.3 is 0 Å². The number of nitrogens with zero attached hydrogens (tertiary/aromatic N) is 2. The number of alkyl halides is 1. The second-order valence-electron chi connectivity index (χ2n) is 3.10. The third-order valence-corrected chi connectivity index (χ3v) is 1.63. The van der Waals surface area contributed by atoms with Gasteiger partial charge in [0, 0.05) is 21.7 Å². The predicted molar refractivity (Wildman–Crippen MR) is 53.8 cm³/mol. The number of halogens is 1. The molecular weight excluding hydrogens is 251 g/mol. The Hall–Kier alpha value is -0.190. The standard InChI is InChI=1S/C8H11IN2/c1-8(2,9)5-7-3-4-10-6-11-7/h3-4,6H,5H2,1-2H3. The number of rotatable bonds is 2. The Kier molecular flexibility index (Phi) is 2.81. The Bertz CT molecular complexity index is 215. The predicted octanol–water partition coefficient (Wildman–Crippen LogP) is 2.23. The maximum Gasteiger partial charge on any atom is 0.115 e. The van der Waals surface area contributed by atoms with Gasteiger partial charge in [-0.3, -0.25) is 0 Å². The van der Waals surface area contributed by atoms with E-state index in [1.165, 1.54) is 0 Å². The largest absolute Gasteiger partial charge is 0.245 e. The molecule has 1 aromatic heterocycles. The van der Waals surface area contributed by atoms with Crippen LogP contribution in [0.5, 0.6) is 0 Å². The molecule has 0 aliphatic rings. The molecule has 1 heterocycles. The number of hydrogen-bond acceptors (Lipinski definition) is 2. The molecule has 0 saturated heterocycles. The zero-order valence-electron chi connectivity index (χ0n) is 6.71. The third kappa shape index (κ3) is 3.65. The molecule has 0 saturated carbocycles. The monoisotopic (exact) mass is 262 g/mol. The SMILES string of the molecule is CC(C)(I)Cc1ccncn1. The van der Waals surface area contributed by atoms with Crippen LogP contribution in [0.1, 0.15) is 19.5 Å². The van der Waals surface area contributed by atoms with Crippen molar-refractivity contribution in [2.45, 2.75) is 23.7 Å². The van der Waals surface area contributed by atoms with E-state index in [0.29, 0.717) is 0 Å². The first-order valence-electron chi connectivity index (χ1n) is 3.52. The highest BCUT2D eigenvalue weighted by molar-refractivity contribution is 14.1. The lowest BCUT2D eigenvalue weighted by molar-refractivity contribution is 0.724. The van der Waals surface area contributed by atoms with Gasteiger partial charge in [-0.2, -0.15) is 0 Å². The van der Waals surface area contributed by atoms with Gasteiger partial charge in [0.05, 0.1) is 0 Å². The number of hydrogen-bond donors (Lipinski definition) is 0. The summed E-state index contributed by atoms with van der Waals surface area (Å²) in [5, 5.41) is 0. The van der Waals surface area contributed by atoms with E-state index in [0.717, 1.165) is 12.1 Å². The molecule has 0 aromatic carbocycles. The molecule has 2 nitrogen and oxygen atoms in total. The Balaban J connectivity index is 2.66. The normalized spacial score (nSPS) is 11.5. The summed E-state index contributed by atoms with van der Waals surface area (Å²) in [6.07, 6.45) is 4.37. The topological polar surface area (TPSA) is 25.8 Å². The van der Waals surface area contributed by atoms with Crippen LogP contribution >= 0.6 is 22.6 Å². The van der Waals surface area contributed by atoms with Gasteiger partial charge in [0.25, 0.3) is 0 Å². The van der Waals surface area contributed by atoms with E-state index < -0.39 is 0 Å².